The summed E-state index contributed by atoms with van der Waals surface area (Å²) in [6, 6.07) is 15.3. The number of nitrogens with zero attached hydrogens (tertiary/aromatic N) is 1. The predicted octanol–water partition coefficient (Wildman–Crippen LogP) is 3.95. The minimum absolute atomic E-state index is 0.00718. The average Bonchev–Trinajstić information content (AvgIpc) is 2.64. The summed E-state index contributed by atoms with van der Waals surface area (Å²) >= 11 is 5.70. The van der Waals surface area contributed by atoms with Crippen LogP contribution in [0.25, 0.3) is 0 Å². The molecule has 0 N–H and O–H groups in total. The SMILES string of the molecule is O=C(CCCl)N1Cc2ccccc2Oc2ccccc21. The molecular weight excluding hydrogens is 274 g/mol. The van der Waals surface area contributed by atoms with Crippen molar-refractivity contribution in [3.05, 3.63) is 54.1 Å². The van der Waals surface area contributed by atoms with Crippen LogP contribution in [0.5, 0.6) is 11.5 Å². The molecule has 0 aliphatic carbocycles. The van der Waals surface area contributed by atoms with Crippen molar-refractivity contribution in [1.82, 2.24) is 0 Å². The van der Waals surface area contributed by atoms with E-state index < -0.39 is 0 Å². The second-order valence-corrected chi connectivity index (χ2v) is 4.97. The van der Waals surface area contributed by atoms with Gasteiger partial charge in [-0.1, -0.05) is 30.3 Å². The number of rotatable bonds is 2. The van der Waals surface area contributed by atoms with E-state index in [1.54, 1.807) is 4.90 Å². The first-order chi connectivity index (χ1) is 9.79. The number of carbonyl (C=O) groups is 1. The van der Waals surface area contributed by atoms with Crippen LogP contribution in [0.4, 0.5) is 5.69 Å². The summed E-state index contributed by atoms with van der Waals surface area (Å²) in [5.74, 6) is 1.81. The van der Waals surface area contributed by atoms with Crippen LogP contribution in [0.1, 0.15) is 12.0 Å². The molecule has 1 aliphatic heterocycles. The molecule has 0 bridgehead atoms. The molecule has 0 spiro atoms. The maximum absolute atomic E-state index is 12.3. The molecule has 1 aliphatic rings. The fourth-order valence-corrected chi connectivity index (χ4v) is 2.47. The van der Waals surface area contributed by atoms with Crippen LogP contribution in [0.2, 0.25) is 0 Å². The maximum atomic E-state index is 12.3. The van der Waals surface area contributed by atoms with Gasteiger partial charge in [0.2, 0.25) is 5.91 Å². The molecule has 2 aromatic rings. The highest BCUT2D eigenvalue weighted by Gasteiger charge is 2.24. The Morgan fingerprint density at radius 2 is 1.80 bits per heavy atom. The second-order valence-electron chi connectivity index (χ2n) is 4.60. The Hall–Kier alpha value is -2.00. The Morgan fingerprint density at radius 3 is 2.60 bits per heavy atom. The lowest BCUT2D eigenvalue weighted by Gasteiger charge is -2.21. The number of benzene rings is 2. The summed E-state index contributed by atoms with van der Waals surface area (Å²) in [6.45, 7) is 0.503. The summed E-state index contributed by atoms with van der Waals surface area (Å²) in [5.41, 5.74) is 1.78. The molecule has 0 aromatic heterocycles. The van der Waals surface area contributed by atoms with E-state index in [-0.39, 0.29) is 5.91 Å². The van der Waals surface area contributed by atoms with Crippen molar-refractivity contribution >= 4 is 23.2 Å². The molecule has 1 heterocycles. The summed E-state index contributed by atoms with van der Waals surface area (Å²) in [5, 5.41) is 0. The average molecular weight is 288 g/mol. The number of hydrogen-bond donors (Lipinski definition) is 0. The molecule has 0 radical (unpaired) electrons. The topological polar surface area (TPSA) is 29.5 Å². The van der Waals surface area contributed by atoms with Crippen LogP contribution in [0.15, 0.2) is 48.5 Å². The van der Waals surface area contributed by atoms with Crippen molar-refractivity contribution < 1.29 is 9.53 Å². The second kappa shape index (κ2) is 5.55. The summed E-state index contributed by atoms with van der Waals surface area (Å²) in [6.07, 6.45) is 0.318. The summed E-state index contributed by atoms with van der Waals surface area (Å²) < 4.78 is 5.93. The molecule has 0 saturated heterocycles. The third kappa shape index (κ3) is 2.37. The molecule has 20 heavy (non-hydrogen) atoms. The predicted molar refractivity (Wildman–Crippen MR) is 79.5 cm³/mol. The molecule has 3 nitrogen and oxygen atoms in total. The zero-order valence-corrected chi connectivity index (χ0v) is 11.6. The van der Waals surface area contributed by atoms with Gasteiger partial charge in [-0.3, -0.25) is 4.79 Å². The Labute approximate surface area is 122 Å². The van der Waals surface area contributed by atoms with Gasteiger partial charge in [0.15, 0.2) is 5.75 Å². The monoisotopic (exact) mass is 287 g/mol. The van der Waals surface area contributed by atoms with Gasteiger partial charge < -0.3 is 9.64 Å². The van der Waals surface area contributed by atoms with Gasteiger partial charge in [0, 0.05) is 17.9 Å². The van der Waals surface area contributed by atoms with Gasteiger partial charge in [0.05, 0.1) is 12.2 Å². The molecule has 0 fully saturated rings. The van der Waals surface area contributed by atoms with Gasteiger partial charge in [0.25, 0.3) is 0 Å². The van der Waals surface area contributed by atoms with Crippen LogP contribution >= 0.6 is 11.6 Å². The number of alkyl halides is 1. The van der Waals surface area contributed by atoms with Crippen LogP contribution in [-0.4, -0.2) is 11.8 Å². The number of halogens is 1. The van der Waals surface area contributed by atoms with Crippen molar-refractivity contribution in [2.45, 2.75) is 13.0 Å². The number of carbonyl (C=O) groups excluding carboxylic acids is 1. The van der Waals surface area contributed by atoms with Gasteiger partial charge >= 0.3 is 0 Å². The summed E-state index contributed by atoms with van der Waals surface area (Å²) in [4.78, 5) is 14.0. The lowest BCUT2D eigenvalue weighted by molar-refractivity contribution is -0.118. The number of anilines is 1. The fraction of sp³-hybridized carbons (Fsp3) is 0.188. The van der Waals surface area contributed by atoms with Gasteiger partial charge in [-0.15, -0.1) is 11.6 Å². The van der Waals surface area contributed by atoms with E-state index in [2.05, 4.69) is 0 Å². The van der Waals surface area contributed by atoms with Crippen molar-refractivity contribution in [3.8, 4) is 11.5 Å². The van der Waals surface area contributed by atoms with E-state index in [1.807, 2.05) is 48.5 Å². The third-order valence-electron chi connectivity index (χ3n) is 3.29. The van der Waals surface area contributed by atoms with E-state index in [9.17, 15) is 4.79 Å². The minimum atomic E-state index is 0.00718. The summed E-state index contributed by atoms with van der Waals surface area (Å²) in [7, 11) is 0. The molecule has 102 valence electrons. The number of para-hydroxylation sites is 3. The smallest absolute Gasteiger partial charge is 0.228 e. The first kappa shape index (κ1) is 13.0. The zero-order valence-electron chi connectivity index (χ0n) is 10.9. The standard InChI is InChI=1S/C16H14ClNO2/c17-10-9-16(19)18-11-12-5-1-3-7-14(12)20-15-8-4-2-6-13(15)18/h1-8H,9-11H2. The molecule has 0 atom stereocenters. The van der Waals surface area contributed by atoms with Crippen LogP contribution in [0.3, 0.4) is 0 Å². The lowest BCUT2D eigenvalue weighted by Crippen LogP contribution is -2.29. The molecule has 0 unspecified atom stereocenters. The highest BCUT2D eigenvalue weighted by molar-refractivity contribution is 6.19. The number of hydrogen-bond acceptors (Lipinski definition) is 2. The van der Waals surface area contributed by atoms with Gasteiger partial charge in [-0.25, -0.2) is 0 Å². The molecule has 4 heteroatoms. The van der Waals surface area contributed by atoms with Crippen LogP contribution in [0, 0.1) is 0 Å². The fourth-order valence-electron chi connectivity index (χ4n) is 2.31. The molecular formula is C16H14ClNO2. The van der Waals surface area contributed by atoms with E-state index in [1.165, 1.54) is 0 Å². The highest BCUT2D eigenvalue weighted by atomic mass is 35.5. The number of fused-ring (bicyclic) bond motifs is 2. The third-order valence-corrected chi connectivity index (χ3v) is 3.48. The molecule has 0 saturated carbocycles. The van der Waals surface area contributed by atoms with E-state index >= 15 is 0 Å². The van der Waals surface area contributed by atoms with E-state index in [0.29, 0.717) is 24.6 Å². The number of amides is 1. The number of ether oxygens (including phenoxy) is 1. The molecule has 2 aromatic carbocycles. The maximum Gasteiger partial charge on any atom is 0.228 e. The van der Waals surface area contributed by atoms with Gasteiger partial charge in [-0.05, 0) is 18.2 Å². The van der Waals surface area contributed by atoms with E-state index in [0.717, 1.165) is 17.0 Å². The zero-order chi connectivity index (χ0) is 13.9. The molecule has 1 amide bonds. The first-order valence-corrected chi connectivity index (χ1v) is 7.04. The normalized spacial score (nSPS) is 12.9. The molecule has 3 rings (SSSR count). The van der Waals surface area contributed by atoms with Crippen molar-refractivity contribution in [2.75, 3.05) is 10.8 Å². The van der Waals surface area contributed by atoms with Crippen molar-refractivity contribution in [3.63, 3.8) is 0 Å². The van der Waals surface area contributed by atoms with Crippen LogP contribution < -0.4 is 9.64 Å². The quantitative estimate of drug-likeness (QED) is 0.783. The highest BCUT2D eigenvalue weighted by Crippen LogP contribution is 2.38. The van der Waals surface area contributed by atoms with Gasteiger partial charge in [0.1, 0.15) is 5.75 Å². The largest absolute Gasteiger partial charge is 0.455 e. The Bertz CT molecular complexity index is 642. The van der Waals surface area contributed by atoms with E-state index in [4.69, 9.17) is 16.3 Å². The van der Waals surface area contributed by atoms with Crippen molar-refractivity contribution in [2.24, 2.45) is 0 Å². The Kier molecular flexibility index (Phi) is 3.61. The minimum Gasteiger partial charge on any atom is -0.455 e. The van der Waals surface area contributed by atoms with Gasteiger partial charge in [-0.2, -0.15) is 0 Å². The first-order valence-electron chi connectivity index (χ1n) is 6.50. The Morgan fingerprint density at radius 1 is 1.10 bits per heavy atom. The van der Waals surface area contributed by atoms with Crippen LogP contribution in [-0.2, 0) is 11.3 Å². The Balaban J connectivity index is 2.08. The lowest BCUT2D eigenvalue weighted by atomic mass is 10.2. The van der Waals surface area contributed by atoms with Crippen molar-refractivity contribution in [1.29, 1.82) is 0 Å².